The van der Waals surface area contributed by atoms with Crippen LogP contribution in [0.15, 0.2) is 42.7 Å². The van der Waals surface area contributed by atoms with Gasteiger partial charge in [0.2, 0.25) is 0 Å². The van der Waals surface area contributed by atoms with E-state index in [1.54, 1.807) is 17.2 Å². The molecule has 6 heteroatoms. The highest BCUT2D eigenvalue weighted by Gasteiger charge is 2.55. The van der Waals surface area contributed by atoms with Crippen LogP contribution in [0.2, 0.25) is 0 Å². The topological polar surface area (TPSA) is 58.2 Å². The van der Waals surface area contributed by atoms with Crippen LogP contribution >= 0.6 is 0 Å². The van der Waals surface area contributed by atoms with E-state index in [2.05, 4.69) is 9.97 Å². The van der Waals surface area contributed by atoms with Crippen LogP contribution in [0.3, 0.4) is 0 Å². The molecule has 0 bridgehead atoms. The van der Waals surface area contributed by atoms with E-state index in [4.69, 9.17) is 4.74 Å². The van der Waals surface area contributed by atoms with Gasteiger partial charge in [-0.25, -0.2) is 9.18 Å². The molecule has 0 saturated heterocycles. The standard InChI is InChI=1S/C20H18FN3O2/c1-26-19(25)24-11-20(6-7-20)16-14-10-22-8-5-15(14)23-17(16)18(24)12-3-2-4-13(21)9-12/h2-5,8-10,18,23H,6-7,11H2,1H3. The number of H-pyrrole nitrogens is 1. The molecule has 132 valence electrons. The van der Waals surface area contributed by atoms with Gasteiger partial charge in [0.05, 0.1) is 7.11 Å². The van der Waals surface area contributed by atoms with Gasteiger partial charge in [-0.2, -0.15) is 0 Å². The Morgan fingerprint density at radius 3 is 2.96 bits per heavy atom. The largest absolute Gasteiger partial charge is 0.453 e. The number of hydrogen-bond donors (Lipinski definition) is 1. The van der Waals surface area contributed by atoms with Crippen molar-refractivity contribution >= 4 is 17.0 Å². The van der Waals surface area contributed by atoms with Gasteiger partial charge < -0.3 is 9.72 Å². The Hall–Kier alpha value is -2.89. The number of hydrogen-bond acceptors (Lipinski definition) is 3. The second kappa shape index (κ2) is 5.30. The number of halogens is 1. The van der Waals surface area contributed by atoms with Crippen molar-refractivity contribution in [3.8, 4) is 0 Å². The predicted molar refractivity (Wildman–Crippen MR) is 94.4 cm³/mol. The second-order valence-corrected chi connectivity index (χ2v) is 7.17. The number of amides is 1. The molecule has 1 spiro atoms. The zero-order valence-electron chi connectivity index (χ0n) is 14.3. The van der Waals surface area contributed by atoms with Gasteiger partial charge in [0.1, 0.15) is 11.9 Å². The molecule has 3 heterocycles. The number of aromatic nitrogens is 2. The molecule has 1 aromatic carbocycles. The van der Waals surface area contributed by atoms with Crippen LogP contribution in [0.1, 0.15) is 35.7 Å². The summed E-state index contributed by atoms with van der Waals surface area (Å²) in [7, 11) is 1.38. The minimum absolute atomic E-state index is 0.0609. The quantitative estimate of drug-likeness (QED) is 0.723. The zero-order chi connectivity index (χ0) is 17.9. The Labute approximate surface area is 149 Å². The summed E-state index contributed by atoms with van der Waals surface area (Å²) >= 11 is 0. The minimum atomic E-state index is -0.410. The molecule has 5 rings (SSSR count). The van der Waals surface area contributed by atoms with Gasteiger partial charge >= 0.3 is 6.09 Å². The first kappa shape index (κ1) is 15.4. The Balaban J connectivity index is 1.78. The van der Waals surface area contributed by atoms with E-state index in [1.165, 1.54) is 24.8 Å². The summed E-state index contributed by atoms with van der Waals surface area (Å²) in [6.45, 7) is 0.565. The lowest BCUT2D eigenvalue weighted by Crippen LogP contribution is -2.45. The molecule has 3 aromatic rings. The fraction of sp³-hybridized carbons (Fsp3) is 0.300. The van der Waals surface area contributed by atoms with Gasteiger partial charge in [-0.15, -0.1) is 0 Å². The molecular formula is C20H18FN3O2. The average Bonchev–Trinajstić information content (AvgIpc) is 3.30. The van der Waals surface area contributed by atoms with Crippen LogP contribution in [0.4, 0.5) is 9.18 Å². The molecular weight excluding hydrogens is 333 g/mol. The zero-order valence-corrected chi connectivity index (χ0v) is 14.3. The Bertz CT molecular complexity index is 1020. The van der Waals surface area contributed by atoms with Crippen molar-refractivity contribution in [3.05, 3.63) is 65.4 Å². The van der Waals surface area contributed by atoms with Crippen molar-refractivity contribution < 1.29 is 13.9 Å². The first-order valence-corrected chi connectivity index (χ1v) is 8.69. The Kier molecular flexibility index (Phi) is 3.13. The SMILES string of the molecule is COC(=O)N1CC2(CC2)c2c([nH]c3ccncc23)C1c1cccc(F)c1. The van der Waals surface area contributed by atoms with Crippen LogP contribution < -0.4 is 0 Å². The van der Waals surface area contributed by atoms with E-state index < -0.39 is 12.1 Å². The predicted octanol–water partition coefficient (Wildman–Crippen LogP) is 3.91. The van der Waals surface area contributed by atoms with E-state index in [-0.39, 0.29) is 11.2 Å². The summed E-state index contributed by atoms with van der Waals surface area (Å²) in [5, 5.41) is 1.09. The number of carbonyl (C=O) groups is 1. The molecule has 1 aliphatic heterocycles. The van der Waals surface area contributed by atoms with Crippen molar-refractivity contribution in [1.29, 1.82) is 0 Å². The normalized spacial score (nSPS) is 20.2. The molecule has 26 heavy (non-hydrogen) atoms. The molecule has 1 aliphatic carbocycles. The van der Waals surface area contributed by atoms with Crippen molar-refractivity contribution in [2.45, 2.75) is 24.3 Å². The molecule has 1 unspecified atom stereocenters. The fourth-order valence-electron chi connectivity index (χ4n) is 4.35. The summed E-state index contributed by atoms with van der Waals surface area (Å²) in [5.41, 5.74) is 3.81. The molecule has 5 nitrogen and oxygen atoms in total. The number of ether oxygens (including phenoxy) is 1. The third kappa shape index (κ3) is 2.08. The number of pyridine rings is 1. The summed E-state index contributed by atoms with van der Waals surface area (Å²) in [6.07, 6.45) is 5.27. The lowest BCUT2D eigenvalue weighted by Gasteiger charge is -2.39. The van der Waals surface area contributed by atoms with Gasteiger partial charge in [-0.05, 0) is 42.2 Å². The summed E-state index contributed by atoms with van der Waals surface area (Å²) in [5.74, 6) is -0.321. The van der Waals surface area contributed by atoms with Gasteiger partial charge in [0.25, 0.3) is 0 Å². The highest BCUT2D eigenvalue weighted by Crippen LogP contribution is 2.57. The van der Waals surface area contributed by atoms with Crippen LogP contribution in [0.5, 0.6) is 0 Å². The Morgan fingerprint density at radius 1 is 1.38 bits per heavy atom. The van der Waals surface area contributed by atoms with E-state index in [0.717, 1.165) is 35.0 Å². The van der Waals surface area contributed by atoms with Crippen molar-refractivity contribution in [1.82, 2.24) is 14.9 Å². The molecule has 1 amide bonds. The fourth-order valence-corrected chi connectivity index (χ4v) is 4.35. The molecule has 1 fully saturated rings. The van der Waals surface area contributed by atoms with Crippen molar-refractivity contribution in [3.63, 3.8) is 0 Å². The number of aromatic amines is 1. The van der Waals surface area contributed by atoms with Crippen LogP contribution in [-0.4, -0.2) is 34.6 Å². The molecule has 0 radical (unpaired) electrons. The number of carbonyl (C=O) groups excluding carboxylic acids is 1. The van der Waals surface area contributed by atoms with Gasteiger partial charge in [-0.1, -0.05) is 12.1 Å². The second-order valence-electron chi connectivity index (χ2n) is 7.17. The van der Waals surface area contributed by atoms with Gasteiger partial charge in [-0.3, -0.25) is 9.88 Å². The lowest BCUT2D eigenvalue weighted by atomic mass is 9.83. The highest BCUT2D eigenvalue weighted by molar-refractivity contribution is 5.87. The monoisotopic (exact) mass is 351 g/mol. The smallest absolute Gasteiger partial charge is 0.410 e. The molecule has 1 atom stereocenters. The average molecular weight is 351 g/mol. The van der Waals surface area contributed by atoms with E-state index >= 15 is 0 Å². The van der Waals surface area contributed by atoms with Crippen molar-refractivity contribution in [2.24, 2.45) is 0 Å². The molecule has 1 saturated carbocycles. The number of nitrogens with one attached hydrogen (secondary N) is 1. The number of fused-ring (bicyclic) bond motifs is 4. The van der Waals surface area contributed by atoms with Crippen LogP contribution in [0, 0.1) is 5.82 Å². The first-order valence-electron chi connectivity index (χ1n) is 8.69. The summed E-state index contributed by atoms with van der Waals surface area (Å²) in [4.78, 5) is 22.0. The number of benzene rings is 1. The molecule has 1 N–H and O–H groups in total. The van der Waals surface area contributed by atoms with Gasteiger partial charge in [0.15, 0.2) is 0 Å². The Morgan fingerprint density at radius 2 is 2.23 bits per heavy atom. The van der Waals surface area contributed by atoms with Crippen LogP contribution in [-0.2, 0) is 10.2 Å². The maximum Gasteiger partial charge on any atom is 0.410 e. The number of rotatable bonds is 1. The summed E-state index contributed by atoms with van der Waals surface area (Å²) < 4.78 is 19.0. The van der Waals surface area contributed by atoms with Crippen LogP contribution in [0.25, 0.3) is 10.9 Å². The molecule has 2 aromatic heterocycles. The lowest BCUT2D eigenvalue weighted by molar-refractivity contribution is 0.101. The van der Waals surface area contributed by atoms with Crippen molar-refractivity contribution in [2.75, 3.05) is 13.7 Å². The minimum Gasteiger partial charge on any atom is -0.453 e. The molecule has 2 aliphatic rings. The number of methoxy groups -OCH3 is 1. The van der Waals surface area contributed by atoms with E-state index in [0.29, 0.717) is 6.54 Å². The summed E-state index contributed by atoms with van der Waals surface area (Å²) in [6, 6.07) is 7.95. The third-order valence-electron chi connectivity index (χ3n) is 5.64. The maximum atomic E-state index is 13.9. The third-order valence-corrected chi connectivity index (χ3v) is 5.64. The first-order chi connectivity index (χ1) is 12.6. The van der Waals surface area contributed by atoms with Gasteiger partial charge in [0, 0.05) is 41.0 Å². The van der Waals surface area contributed by atoms with E-state index in [1.807, 2.05) is 18.3 Å². The maximum absolute atomic E-state index is 13.9. The number of nitrogens with zero attached hydrogens (tertiary/aromatic N) is 2. The highest BCUT2D eigenvalue weighted by atomic mass is 19.1. The van der Waals surface area contributed by atoms with E-state index in [9.17, 15) is 9.18 Å².